The van der Waals surface area contributed by atoms with Crippen LogP contribution in [-0.4, -0.2) is 37.5 Å². The van der Waals surface area contributed by atoms with Gasteiger partial charge in [-0.25, -0.2) is 4.79 Å². The Morgan fingerprint density at radius 3 is 2.69 bits per heavy atom. The quantitative estimate of drug-likeness (QED) is 0.540. The molecule has 0 saturated carbocycles. The summed E-state index contributed by atoms with van der Waals surface area (Å²) in [5.41, 5.74) is 2.40. The van der Waals surface area contributed by atoms with Crippen LogP contribution in [0.4, 0.5) is 5.69 Å². The summed E-state index contributed by atoms with van der Waals surface area (Å²) in [6.45, 7) is 4.66. The van der Waals surface area contributed by atoms with Gasteiger partial charge in [0.15, 0.2) is 11.0 Å². The van der Waals surface area contributed by atoms with Crippen LogP contribution in [-0.2, 0) is 11.3 Å². The molecule has 0 atom stereocenters. The molecule has 150 valence electrons. The summed E-state index contributed by atoms with van der Waals surface area (Å²) >= 11 is 7.31. The second kappa shape index (κ2) is 9.11. The predicted molar refractivity (Wildman–Crippen MR) is 114 cm³/mol. The van der Waals surface area contributed by atoms with E-state index >= 15 is 0 Å². The van der Waals surface area contributed by atoms with Crippen molar-refractivity contribution in [2.45, 2.75) is 25.5 Å². The molecule has 1 amide bonds. The number of carboxylic acid groups (broad SMARTS) is 1. The first-order chi connectivity index (χ1) is 13.9. The van der Waals surface area contributed by atoms with E-state index < -0.39 is 5.97 Å². The second-order valence-corrected chi connectivity index (χ2v) is 7.61. The summed E-state index contributed by atoms with van der Waals surface area (Å²) < 4.78 is 1.95. The van der Waals surface area contributed by atoms with E-state index in [1.807, 2.05) is 42.7 Å². The molecule has 29 heavy (non-hydrogen) atoms. The van der Waals surface area contributed by atoms with Gasteiger partial charge in [0.2, 0.25) is 5.91 Å². The topological polar surface area (TPSA) is 97.1 Å². The normalized spacial score (nSPS) is 10.7. The number of benzene rings is 2. The zero-order valence-corrected chi connectivity index (χ0v) is 17.4. The van der Waals surface area contributed by atoms with E-state index in [0.29, 0.717) is 11.7 Å². The molecule has 1 aromatic heterocycles. The highest BCUT2D eigenvalue weighted by molar-refractivity contribution is 7.99. The number of halogens is 1. The summed E-state index contributed by atoms with van der Waals surface area (Å²) in [5.74, 6) is -0.579. The summed E-state index contributed by atoms with van der Waals surface area (Å²) in [7, 11) is 0. The lowest BCUT2D eigenvalue weighted by atomic mass is 10.1. The van der Waals surface area contributed by atoms with Gasteiger partial charge in [-0.3, -0.25) is 4.79 Å². The van der Waals surface area contributed by atoms with Crippen molar-refractivity contribution in [2.75, 3.05) is 11.1 Å². The minimum absolute atomic E-state index is 0.0471. The third-order valence-corrected chi connectivity index (χ3v) is 5.43. The smallest absolute Gasteiger partial charge is 0.335 e. The zero-order chi connectivity index (χ0) is 21.0. The van der Waals surface area contributed by atoms with E-state index in [-0.39, 0.29) is 27.9 Å². The molecule has 0 aliphatic rings. The van der Waals surface area contributed by atoms with Crippen molar-refractivity contribution in [3.63, 3.8) is 0 Å². The average molecular weight is 431 g/mol. The number of hydrogen-bond donors (Lipinski definition) is 2. The van der Waals surface area contributed by atoms with Crippen molar-refractivity contribution in [1.29, 1.82) is 0 Å². The molecule has 3 aromatic rings. The third-order valence-electron chi connectivity index (χ3n) is 4.13. The van der Waals surface area contributed by atoms with Gasteiger partial charge < -0.3 is 15.0 Å². The molecule has 0 bridgehead atoms. The number of carbonyl (C=O) groups is 2. The Morgan fingerprint density at radius 2 is 2.00 bits per heavy atom. The molecule has 0 fully saturated rings. The van der Waals surface area contributed by atoms with Crippen LogP contribution in [0.15, 0.2) is 47.6 Å². The maximum atomic E-state index is 12.3. The maximum absolute atomic E-state index is 12.3. The van der Waals surface area contributed by atoms with Crippen molar-refractivity contribution in [3.8, 4) is 11.4 Å². The molecule has 2 aromatic carbocycles. The van der Waals surface area contributed by atoms with Crippen molar-refractivity contribution in [1.82, 2.24) is 14.8 Å². The lowest BCUT2D eigenvalue weighted by molar-refractivity contribution is -0.113. The molecule has 0 unspecified atom stereocenters. The predicted octanol–water partition coefficient (Wildman–Crippen LogP) is 4.36. The van der Waals surface area contributed by atoms with Crippen molar-refractivity contribution >= 4 is 40.9 Å². The van der Waals surface area contributed by atoms with Crippen LogP contribution in [0.25, 0.3) is 11.4 Å². The minimum atomic E-state index is -1.09. The second-order valence-electron chi connectivity index (χ2n) is 6.26. The molecular formula is C20H19ClN4O3S. The van der Waals surface area contributed by atoms with Gasteiger partial charge in [0, 0.05) is 12.1 Å². The maximum Gasteiger partial charge on any atom is 0.335 e. The molecule has 7 nitrogen and oxygen atoms in total. The van der Waals surface area contributed by atoms with Crippen molar-refractivity contribution in [2.24, 2.45) is 0 Å². The number of aryl methyl sites for hydroxylation is 1. The third kappa shape index (κ3) is 4.96. The number of aromatic carboxylic acids is 1. The molecule has 3 rings (SSSR count). The van der Waals surface area contributed by atoms with Gasteiger partial charge in [0.05, 0.1) is 22.0 Å². The first kappa shape index (κ1) is 20.9. The molecule has 1 heterocycles. The highest BCUT2D eigenvalue weighted by Crippen LogP contribution is 2.26. The van der Waals surface area contributed by atoms with E-state index in [9.17, 15) is 9.59 Å². The molecule has 9 heteroatoms. The number of aromatic nitrogens is 3. The number of rotatable bonds is 7. The van der Waals surface area contributed by atoms with Gasteiger partial charge in [-0.05, 0) is 38.1 Å². The van der Waals surface area contributed by atoms with Gasteiger partial charge in [-0.15, -0.1) is 10.2 Å². The number of nitrogens with zero attached hydrogens (tertiary/aromatic N) is 3. The summed E-state index contributed by atoms with van der Waals surface area (Å²) in [6, 6.07) is 12.1. The van der Waals surface area contributed by atoms with Crippen molar-refractivity contribution < 1.29 is 14.7 Å². The number of nitrogens with one attached hydrogen (secondary N) is 1. The van der Waals surface area contributed by atoms with Gasteiger partial charge in [-0.1, -0.05) is 47.1 Å². The Morgan fingerprint density at radius 1 is 1.21 bits per heavy atom. The van der Waals surface area contributed by atoms with Crippen LogP contribution in [0, 0.1) is 6.92 Å². The molecule has 0 radical (unpaired) electrons. The lowest BCUT2D eigenvalue weighted by Crippen LogP contribution is -2.15. The highest BCUT2D eigenvalue weighted by atomic mass is 35.5. The Balaban J connectivity index is 1.71. The largest absolute Gasteiger partial charge is 0.478 e. The summed E-state index contributed by atoms with van der Waals surface area (Å²) in [5, 5.41) is 21.1. The molecule has 0 aliphatic carbocycles. The van der Waals surface area contributed by atoms with E-state index in [2.05, 4.69) is 15.5 Å². The first-order valence-electron chi connectivity index (χ1n) is 8.84. The molecule has 0 aliphatic heterocycles. The average Bonchev–Trinajstić information content (AvgIpc) is 3.11. The Kier molecular flexibility index (Phi) is 6.56. The van der Waals surface area contributed by atoms with E-state index in [1.54, 1.807) is 0 Å². The first-order valence-corrected chi connectivity index (χ1v) is 10.2. The van der Waals surface area contributed by atoms with Crippen LogP contribution in [0.3, 0.4) is 0 Å². The SMILES string of the molecule is CCn1c(SCC(=O)Nc2cc(C(=O)O)ccc2Cl)nnc1-c1cccc(C)c1. The fourth-order valence-corrected chi connectivity index (χ4v) is 3.72. The highest BCUT2D eigenvalue weighted by Gasteiger charge is 2.16. The number of hydrogen-bond acceptors (Lipinski definition) is 5. The van der Waals surface area contributed by atoms with E-state index in [1.165, 1.54) is 30.0 Å². The Hall–Kier alpha value is -2.84. The summed E-state index contributed by atoms with van der Waals surface area (Å²) in [6.07, 6.45) is 0. The fourth-order valence-electron chi connectivity index (χ4n) is 2.75. The fraction of sp³-hybridized carbons (Fsp3) is 0.200. The monoisotopic (exact) mass is 430 g/mol. The standard InChI is InChI=1S/C20H19ClN4O3S/c1-3-25-18(13-6-4-5-12(2)9-13)23-24-20(25)29-11-17(26)22-16-10-14(19(27)28)7-8-15(16)21/h4-10H,3,11H2,1-2H3,(H,22,26)(H,27,28). The van der Waals surface area contributed by atoms with Crippen LogP contribution in [0.1, 0.15) is 22.8 Å². The van der Waals surface area contributed by atoms with Crippen LogP contribution in [0.5, 0.6) is 0 Å². The van der Waals surface area contributed by atoms with Gasteiger partial charge in [0.25, 0.3) is 0 Å². The Bertz CT molecular complexity index is 1070. The Labute approximate surface area is 177 Å². The van der Waals surface area contributed by atoms with Gasteiger partial charge in [0.1, 0.15) is 0 Å². The van der Waals surface area contributed by atoms with E-state index in [0.717, 1.165) is 17.0 Å². The zero-order valence-electron chi connectivity index (χ0n) is 15.8. The van der Waals surface area contributed by atoms with E-state index in [4.69, 9.17) is 16.7 Å². The number of thioether (sulfide) groups is 1. The molecular weight excluding hydrogens is 412 g/mol. The van der Waals surface area contributed by atoms with Crippen molar-refractivity contribution in [3.05, 3.63) is 58.6 Å². The van der Waals surface area contributed by atoms with Gasteiger partial charge >= 0.3 is 5.97 Å². The van der Waals surface area contributed by atoms with Crippen LogP contribution < -0.4 is 5.32 Å². The number of amides is 1. The molecule has 0 saturated heterocycles. The molecule has 0 spiro atoms. The molecule has 2 N–H and O–H groups in total. The lowest BCUT2D eigenvalue weighted by Gasteiger charge is -2.09. The number of carbonyl (C=O) groups excluding carboxylic acids is 1. The number of carboxylic acids is 1. The van der Waals surface area contributed by atoms with Crippen LogP contribution in [0.2, 0.25) is 5.02 Å². The van der Waals surface area contributed by atoms with Gasteiger partial charge in [-0.2, -0.15) is 0 Å². The number of anilines is 1. The summed E-state index contributed by atoms with van der Waals surface area (Å²) in [4.78, 5) is 23.4. The van der Waals surface area contributed by atoms with Crippen LogP contribution >= 0.6 is 23.4 Å². The minimum Gasteiger partial charge on any atom is -0.478 e.